The predicted molar refractivity (Wildman–Crippen MR) is 74.4 cm³/mol. The van der Waals surface area contributed by atoms with Crippen molar-refractivity contribution in [3.8, 4) is 0 Å². The minimum atomic E-state index is -1.08. The third kappa shape index (κ3) is 5.06. The molecular formula is C15H20O6. The molecule has 0 bridgehead atoms. The Labute approximate surface area is 123 Å². The van der Waals surface area contributed by atoms with Gasteiger partial charge in [-0.3, -0.25) is 0 Å². The molecule has 0 radical (unpaired) electrons. The van der Waals surface area contributed by atoms with E-state index in [2.05, 4.69) is 6.58 Å². The number of ether oxygens (including phenoxy) is 2. The number of hydrogen-bond acceptors (Lipinski definition) is 5. The van der Waals surface area contributed by atoms with E-state index in [4.69, 9.17) is 14.6 Å². The van der Waals surface area contributed by atoms with Gasteiger partial charge in [-0.1, -0.05) is 13.5 Å². The van der Waals surface area contributed by atoms with Crippen LogP contribution in [0.2, 0.25) is 0 Å². The first-order valence-electron chi connectivity index (χ1n) is 6.78. The molecule has 116 valence electrons. The molecule has 6 nitrogen and oxygen atoms in total. The molecule has 1 rings (SSSR count). The lowest BCUT2D eigenvalue weighted by atomic mass is 9.85. The molecule has 0 aromatic rings. The van der Waals surface area contributed by atoms with Gasteiger partial charge in [0.25, 0.3) is 0 Å². The highest BCUT2D eigenvalue weighted by Gasteiger charge is 2.27. The summed E-state index contributed by atoms with van der Waals surface area (Å²) in [5.74, 6) is -2.03. The fourth-order valence-electron chi connectivity index (χ4n) is 2.04. The second-order valence-electron chi connectivity index (χ2n) is 5.16. The minimum absolute atomic E-state index is 0.0807. The zero-order valence-corrected chi connectivity index (χ0v) is 12.3. The SMILES string of the molecule is C=C(C)C(=O)OCCOC(=O)C1=C(C(=O)O)CCC(C)C1. The van der Waals surface area contributed by atoms with Crippen LogP contribution in [-0.4, -0.2) is 36.2 Å². The van der Waals surface area contributed by atoms with E-state index in [1.165, 1.54) is 6.92 Å². The number of aliphatic carboxylic acids is 1. The highest BCUT2D eigenvalue weighted by molar-refractivity contribution is 5.99. The molecule has 0 aromatic heterocycles. The van der Waals surface area contributed by atoms with Gasteiger partial charge in [-0.05, 0) is 32.1 Å². The summed E-state index contributed by atoms with van der Waals surface area (Å²) in [4.78, 5) is 34.2. The van der Waals surface area contributed by atoms with E-state index < -0.39 is 17.9 Å². The van der Waals surface area contributed by atoms with Crippen LogP contribution in [0.3, 0.4) is 0 Å². The van der Waals surface area contributed by atoms with E-state index in [-0.39, 0.29) is 35.9 Å². The first-order valence-corrected chi connectivity index (χ1v) is 6.78. The van der Waals surface area contributed by atoms with Gasteiger partial charge in [0, 0.05) is 16.7 Å². The van der Waals surface area contributed by atoms with Crippen molar-refractivity contribution < 1.29 is 29.0 Å². The van der Waals surface area contributed by atoms with Crippen molar-refractivity contribution in [2.75, 3.05) is 13.2 Å². The summed E-state index contributed by atoms with van der Waals surface area (Å²) in [7, 11) is 0. The molecule has 0 saturated carbocycles. The van der Waals surface area contributed by atoms with Crippen LogP contribution in [0.15, 0.2) is 23.3 Å². The average molecular weight is 296 g/mol. The molecule has 0 aromatic carbocycles. The molecule has 1 aliphatic carbocycles. The lowest BCUT2D eigenvalue weighted by Crippen LogP contribution is -2.22. The van der Waals surface area contributed by atoms with Crippen molar-refractivity contribution in [2.24, 2.45) is 5.92 Å². The lowest BCUT2D eigenvalue weighted by Gasteiger charge is -2.21. The molecule has 0 fully saturated rings. The standard InChI is InChI=1S/C15H20O6/c1-9(2)14(18)20-6-7-21-15(19)12-8-10(3)4-5-11(12)13(16)17/h10H,1,4-8H2,2-3H3,(H,16,17). The fraction of sp³-hybridized carbons (Fsp3) is 0.533. The molecule has 0 aliphatic heterocycles. The van der Waals surface area contributed by atoms with E-state index in [0.29, 0.717) is 12.8 Å². The van der Waals surface area contributed by atoms with Crippen LogP contribution in [0.4, 0.5) is 0 Å². The van der Waals surface area contributed by atoms with Crippen LogP contribution >= 0.6 is 0 Å². The van der Waals surface area contributed by atoms with Gasteiger partial charge in [0.05, 0.1) is 0 Å². The van der Waals surface area contributed by atoms with Crippen molar-refractivity contribution in [3.63, 3.8) is 0 Å². The van der Waals surface area contributed by atoms with E-state index in [0.717, 1.165) is 6.42 Å². The number of esters is 2. The summed E-state index contributed by atoms with van der Waals surface area (Å²) in [5, 5.41) is 9.10. The van der Waals surface area contributed by atoms with Gasteiger partial charge in [0.2, 0.25) is 0 Å². The van der Waals surface area contributed by atoms with E-state index in [1.807, 2.05) is 6.92 Å². The van der Waals surface area contributed by atoms with Gasteiger partial charge >= 0.3 is 17.9 Å². The van der Waals surface area contributed by atoms with Crippen molar-refractivity contribution in [1.29, 1.82) is 0 Å². The highest BCUT2D eigenvalue weighted by Crippen LogP contribution is 2.30. The number of carbonyl (C=O) groups is 3. The van der Waals surface area contributed by atoms with Gasteiger partial charge in [0.15, 0.2) is 0 Å². The molecule has 0 saturated heterocycles. The summed E-state index contributed by atoms with van der Waals surface area (Å²) in [6.07, 6.45) is 1.51. The van der Waals surface area contributed by atoms with Crippen LogP contribution < -0.4 is 0 Å². The smallest absolute Gasteiger partial charge is 0.334 e. The third-order valence-electron chi connectivity index (χ3n) is 3.21. The summed E-state index contributed by atoms with van der Waals surface area (Å²) in [6.45, 7) is 6.71. The van der Waals surface area contributed by atoms with Crippen LogP contribution in [0.25, 0.3) is 0 Å². The topological polar surface area (TPSA) is 89.9 Å². The molecule has 21 heavy (non-hydrogen) atoms. The Morgan fingerprint density at radius 3 is 2.43 bits per heavy atom. The van der Waals surface area contributed by atoms with Crippen LogP contribution in [0.5, 0.6) is 0 Å². The first kappa shape index (κ1) is 16.9. The average Bonchev–Trinajstić information content (AvgIpc) is 2.42. The van der Waals surface area contributed by atoms with Gasteiger partial charge in [-0.2, -0.15) is 0 Å². The van der Waals surface area contributed by atoms with Gasteiger partial charge in [0.1, 0.15) is 13.2 Å². The molecule has 0 spiro atoms. The van der Waals surface area contributed by atoms with E-state index >= 15 is 0 Å². The molecular weight excluding hydrogens is 276 g/mol. The van der Waals surface area contributed by atoms with E-state index in [9.17, 15) is 14.4 Å². The van der Waals surface area contributed by atoms with Gasteiger partial charge in [-0.15, -0.1) is 0 Å². The maximum atomic E-state index is 11.9. The summed E-state index contributed by atoms with van der Waals surface area (Å²) in [6, 6.07) is 0. The van der Waals surface area contributed by atoms with Crippen molar-refractivity contribution >= 4 is 17.9 Å². The Morgan fingerprint density at radius 1 is 1.24 bits per heavy atom. The van der Waals surface area contributed by atoms with Crippen LogP contribution in [0.1, 0.15) is 33.1 Å². The normalized spacial score (nSPS) is 18.1. The molecule has 1 atom stereocenters. The number of carboxylic acids is 1. The molecule has 0 amide bonds. The quantitative estimate of drug-likeness (QED) is 0.457. The molecule has 0 heterocycles. The van der Waals surface area contributed by atoms with Gasteiger partial charge in [-0.25, -0.2) is 14.4 Å². The first-order chi connectivity index (χ1) is 9.82. The molecule has 6 heteroatoms. The number of rotatable bonds is 6. The summed E-state index contributed by atoms with van der Waals surface area (Å²) >= 11 is 0. The number of carboxylic acid groups (broad SMARTS) is 1. The van der Waals surface area contributed by atoms with Crippen LogP contribution in [-0.2, 0) is 23.9 Å². The summed E-state index contributed by atoms with van der Waals surface area (Å²) < 4.78 is 9.76. The Bertz CT molecular complexity index is 488. The number of carbonyl (C=O) groups excluding carboxylic acids is 2. The molecule has 1 aliphatic rings. The second kappa shape index (κ2) is 7.61. The Hall–Kier alpha value is -2.11. The molecule has 1 unspecified atom stereocenters. The maximum Gasteiger partial charge on any atom is 0.334 e. The predicted octanol–water partition coefficient (Wildman–Crippen LogP) is 1.85. The zero-order chi connectivity index (χ0) is 16.0. The molecule has 1 N–H and O–H groups in total. The number of hydrogen-bond donors (Lipinski definition) is 1. The largest absolute Gasteiger partial charge is 0.478 e. The third-order valence-corrected chi connectivity index (χ3v) is 3.21. The maximum absolute atomic E-state index is 11.9. The van der Waals surface area contributed by atoms with Crippen LogP contribution in [0, 0.1) is 5.92 Å². The van der Waals surface area contributed by atoms with Crippen molar-refractivity contribution in [2.45, 2.75) is 33.1 Å². The lowest BCUT2D eigenvalue weighted by molar-refractivity contribution is -0.147. The monoisotopic (exact) mass is 296 g/mol. The zero-order valence-electron chi connectivity index (χ0n) is 12.3. The minimum Gasteiger partial charge on any atom is -0.478 e. The van der Waals surface area contributed by atoms with Crippen molar-refractivity contribution in [3.05, 3.63) is 23.3 Å². The highest BCUT2D eigenvalue weighted by atomic mass is 16.6. The Morgan fingerprint density at radius 2 is 1.86 bits per heavy atom. The Balaban J connectivity index is 2.55. The van der Waals surface area contributed by atoms with Gasteiger partial charge < -0.3 is 14.6 Å². The summed E-state index contributed by atoms with van der Waals surface area (Å²) in [5.41, 5.74) is 0.600. The van der Waals surface area contributed by atoms with Crippen molar-refractivity contribution in [1.82, 2.24) is 0 Å². The second-order valence-corrected chi connectivity index (χ2v) is 5.16. The Kier molecular flexibility index (Phi) is 6.14. The fourth-order valence-corrected chi connectivity index (χ4v) is 2.04. The van der Waals surface area contributed by atoms with E-state index in [1.54, 1.807) is 0 Å².